The lowest BCUT2D eigenvalue weighted by Gasteiger charge is -2.21. The predicted molar refractivity (Wildman–Crippen MR) is 160 cm³/mol. The average Bonchev–Trinajstić information content (AvgIpc) is 3.62. The van der Waals surface area contributed by atoms with E-state index in [0.29, 0.717) is 41.9 Å². The summed E-state index contributed by atoms with van der Waals surface area (Å²) in [5, 5.41) is 14.6. The fraction of sp³-hybridized carbons (Fsp3) is 0.267. The Kier molecular flexibility index (Phi) is 8.04. The summed E-state index contributed by atoms with van der Waals surface area (Å²) in [6.07, 6.45) is 5.74. The van der Waals surface area contributed by atoms with Crippen molar-refractivity contribution in [1.82, 2.24) is 29.8 Å². The van der Waals surface area contributed by atoms with Crippen LogP contribution in [0.25, 0.3) is 28.3 Å². The van der Waals surface area contributed by atoms with Crippen molar-refractivity contribution in [3.05, 3.63) is 92.7 Å². The number of amides is 1. The van der Waals surface area contributed by atoms with Gasteiger partial charge in [-0.25, -0.2) is 18.1 Å². The van der Waals surface area contributed by atoms with E-state index < -0.39 is 23.5 Å². The molecule has 0 spiro atoms. The third-order valence-electron chi connectivity index (χ3n) is 7.65. The van der Waals surface area contributed by atoms with Crippen molar-refractivity contribution in [2.75, 3.05) is 5.32 Å². The van der Waals surface area contributed by atoms with Crippen molar-refractivity contribution in [3.63, 3.8) is 0 Å². The van der Waals surface area contributed by atoms with E-state index in [0.717, 1.165) is 0 Å². The van der Waals surface area contributed by atoms with Crippen molar-refractivity contribution < 1.29 is 18.0 Å². The molecule has 0 radical (unpaired) electrons. The molecule has 1 aliphatic heterocycles. The van der Waals surface area contributed by atoms with E-state index in [2.05, 4.69) is 25.7 Å². The summed E-state index contributed by atoms with van der Waals surface area (Å²) in [5.41, 5.74) is 1.83. The second-order valence-electron chi connectivity index (χ2n) is 10.6. The molecule has 1 amide bonds. The molecule has 5 heterocycles. The number of pyridine rings is 1. The van der Waals surface area contributed by atoms with Gasteiger partial charge in [-0.3, -0.25) is 14.6 Å². The first kappa shape index (κ1) is 29.6. The van der Waals surface area contributed by atoms with Crippen LogP contribution >= 0.6 is 23.2 Å². The molecule has 1 aliphatic rings. The fourth-order valence-corrected chi connectivity index (χ4v) is 5.69. The third-order valence-corrected chi connectivity index (χ3v) is 8.11. The van der Waals surface area contributed by atoms with E-state index in [-0.39, 0.29) is 44.6 Å². The van der Waals surface area contributed by atoms with E-state index in [9.17, 15) is 14.0 Å². The van der Waals surface area contributed by atoms with Crippen molar-refractivity contribution >= 4 is 34.8 Å². The number of hydrogen-bond donors (Lipinski definition) is 1. The maximum Gasteiger partial charge on any atom is 0.227 e. The van der Waals surface area contributed by atoms with E-state index in [1.54, 1.807) is 25.3 Å². The zero-order valence-corrected chi connectivity index (χ0v) is 25.0. The Labute approximate surface area is 259 Å². The third kappa shape index (κ3) is 5.50. The monoisotopic (exact) mass is 639 g/mol. The normalized spacial score (nSPS) is 17.7. The van der Waals surface area contributed by atoms with E-state index in [4.69, 9.17) is 27.6 Å². The first-order valence-electron chi connectivity index (χ1n) is 13.8. The molecule has 2 unspecified atom stereocenters. The van der Waals surface area contributed by atoms with E-state index in [1.807, 2.05) is 0 Å². The second kappa shape index (κ2) is 11.9. The number of rotatable bonds is 4. The number of aromatic nitrogens is 6. The summed E-state index contributed by atoms with van der Waals surface area (Å²) in [4.78, 5) is 31.3. The van der Waals surface area contributed by atoms with Gasteiger partial charge in [-0.2, -0.15) is 5.10 Å². The zero-order valence-electron chi connectivity index (χ0n) is 23.5. The Morgan fingerprint density at radius 3 is 2.70 bits per heavy atom. The Bertz CT molecular complexity index is 1940. The van der Waals surface area contributed by atoms with Crippen LogP contribution in [0.15, 0.2) is 64.4 Å². The minimum Gasteiger partial charge on any atom is -0.464 e. The number of fused-ring (bicyclic) bond motifs is 4. The molecule has 14 heteroatoms. The Morgan fingerprint density at radius 1 is 1.16 bits per heavy atom. The molecule has 3 atom stereocenters. The van der Waals surface area contributed by atoms with Crippen LogP contribution in [0.4, 0.5) is 14.5 Å². The van der Waals surface area contributed by atoms with Gasteiger partial charge in [0.2, 0.25) is 5.91 Å². The number of alkyl halides is 1. The number of carbonyl (C=O) groups excluding carboxylic acids is 1. The Balaban J connectivity index is 1.47. The van der Waals surface area contributed by atoms with Gasteiger partial charge in [0.15, 0.2) is 22.7 Å². The van der Waals surface area contributed by atoms with Crippen LogP contribution in [-0.2, 0) is 4.79 Å². The lowest BCUT2D eigenvalue weighted by molar-refractivity contribution is -0.119. The Morgan fingerprint density at radius 2 is 1.98 bits per heavy atom. The minimum atomic E-state index is -1.47. The molecule has 0 aliphatic carbocycles. The molecule has 0 saturated carbocycles. The predicted octanol–water partition coefficient (Wildman–Crippen LogP) is 6.97. The van der Waals surface area contributed by atoms with Crippen LogP contribution in [-0.4, -0.2) is 35.7 Å². The summed E-state index contributed by atoms with van der Waals surface area (Å²) in [7, 11) is 0. The molecule has 4 aromatic heterocycles. The van der Waals surface area contributed by atoms with Crippen molar-refractivity contribution in [3.8, 4) is 28.3 Å². The Hall–Kier alpha value is -4.42. The summed E-state index contributed by atoms with van der Waals surface area (Å²) >= 11 is 12.0. The number of halogens is 4. The lowest BCUT2D eigenvalue weighted by atomic mass is 9.88. The van der Waals surface area contributed by atoms with Gasteiger partial charge in [-0.1, -0.05) is 41.8 Å². The zero-order chi connectivity index (χ0) is 31.1. The van der Waals surface area contributed by atoms with Gasteiger partial charge in [0.25, 0.3) is 0 Å². The smallest absolute Gasteiger partial charge is 0.227 e. The summed E-state index contributed by atoms with van der Waals surface area (Å²) < 4.78 is 38.3. The fourth-order valence-electron chi connectivity index (χ4n) is 5.41. The van der Waals surface area contributed by atoms with Crippen molar-refractivity contribution in [2.45, 2.75) is 45.3 Å². The number of anilines is 1. The molecule has 6 rings (SSSR count). The number of hydrogen-bond acceptors (Lipinski definition) is 7. The summed E-state index contributed by atoms with van der Waals surface area (Å²) in [5.74, 6) is -2.02. The summed E-state index contributed by atoms with van der Waals surface area (Å²) in [6, 6.07) is 7.49. The summed E-state index contributed by atoms with van der Waals surface area (Å²) in [6.45, 7) is 3.15. The quantitative estimate of drug-likeness (QED) is 0.225. The highest BCUT2D eigenvalue weighted by atomic mass is 35.5. The maximum atomic E-state index is 15.4. The van der Waals surface area contributed by atoms with Gasteiger partial charge >= 0.3 is 0 Å². The standard InChI is InChI=1S/C30H25Cl2F2N7O3/c1-15-4-3-5-18(21-10-17(8-9-35-21)29-22(37-30(15)43)12-36-41(29)16(2)33)19-14-44-25(11-24(19)42)27-23(7-6-20(31)28(27)34)40-13-26(32)38-39-40/h6-16,18H,3-5H2,1-2H3,(H,37,43)/t15-,16?,18?/m1/s1. The van der Waals surface area contributed by atoms with Crippen molar-refractivity contribution in [2.24, 2.45) is 5.92 Å². The number of carbonyl (C=O) groups is 1. The first-order valence-corrected chi connectivity index (χ1v) is 14.6. The molecule has 2 bridgehead atoms. The molecule has 10 nitrogen and oxygen atoms in total. The molecular weight excluding hydrogens is 615 g/mol. The van der Waals surface area contributed by atoms with Gasteiger partial charge in [-0.15, -0.1) is 5.10 Å². The molecule has 226 valence electrons. The molecule has 0 saturated heterocycles. The highest BCUT2D eigenvalue weighted by Gasteiger charge is 2.27. The largest absolute Gasteiger partial charge is 0.464 e. The molecular formula is C30H25Cl2F2N7O3. The van der Waals surface area contributed by atoms with Crippen LogP contribution in [0.1, 0.15) is 56.6 Å². The van der Waals surface area contributed by atoms with Gasteiger partial charge < -0.3 is 9.73 Å². The van der Waals surface area contributed by atoms with Crippen molar-refractivity contribution in [1.29, 1.82) is 0 Å². The van der Waals surface area contributed by atoms with Gasteiger partial charge in [0.05, 0.1) is 46.3 Å². The molecule has 44 heavy (non-hydrogen) atoms. The molecule has 0 fully saturated rings. The molecule has 1 N–H and O–H groups in total. The van der Waals surface area contributed by atoms with Crippen LogP contribution in [0.3, 0.4) is 0 Å². The average molecular weight is 640 g/mol. The first-order chi connectivity index (χ1) is 21.1. The van der Waals surface area contributed by atoms with Gasteiger partial charge in [0, 0.05) is 40.9 Å². The maximum absolute atomic E-state index is 15.4. The topological polar surface area (TPSA) is 121 Å². The number of nitrogens with one attached hydrogen (secondary N) is 1. The molecule has 1 aromatic carbocycles. The highest BCUT2D eigenvalue weighted by Crippen LogP contribution is 2.37. The van der Waals surface area contributed by atoms with Crippen LogP contribution in [0, 0.1) is 11.7 Å². The van der Waals surface area contributed by atoms with E-state index >= 15 is 4.39 Å². The van der Waals surface area contributed by atoms with E-state index in [1.165, 1.54) is 53.1 Å². The molecule has 5 aromatic rings. The van der Waals surface area contributed by atoms with Crippen LogP contribution in [0.2, 0.25) is 10.2 Å². The number of benzene rings is 1. The highest BCUT2D eigenvalue weighted by molar-refractivity contribution is 6.31. The SMILES string of the molecule is CC(F)n1ncc2c1-c1ccnc(c1)C(c1coc(-c3c(-n4cc(Cl)nn4)ccc(Cl)c3F)cc1=O)CCC[C@@H](C)C(=O)N2. The van der Waals surface area contributed by atoms with Gasteiger partial charge in [0.1, 0.15) is 5.76 Å². The van der Waals surface area contributed by atoms with Crippen LogP contribution in [0.5, 0.6) is 0 Å². The number of nitrogens with zero attached hydrogens (tertiary/aromatic N) is 6. The second-order valence-corrected chi connectivity index (χ2v) is 11.4. The van der Waals surface area contributed by atoms with Gasteiger partial charge in [-0.05, 0) is 44.0 Å². The lowest BCUT2D eigenvalue weighted by Crippen LogP contribution is -2.22. The minimum absolute atomic E-state index is 0.0778. The van der Waals surface area contributed by atoms with Crippen LogP contribution < -0.4 is 10.7 Å².